The highest BCUT2D eigenvalue weighted by Crippen LogP contribution is 2.11. The van der Waals surface area contributed by atoms with E-state index in [2.05, 4.69) is 19.1 Å². The van der Waals surface area contributed by atoms with Gasteiger partial charge in [-0.05, 0) is 51.9 Å². The molecule has 0 fully saturated rings. The van der Waals surface area contributed by atoms with Crippen molar-refractivity contribution in [3.63, 3.8) is 0 Å². The Hall–Kier alpha value is -1.32. The second-order valence-corrected chi connectivity index (χ2v) is 7.21. The maximum atomic E-state index is 11.7. The number of rotatable bonds is 18. The number of carbonyl (C=O) groups is 2. The summed E-state index contributed by atoms with van der Waals surface area (Å²) >= 11 is 0. The first kappa shape index (κ1) is 24.7. The fourth-order valence-electron chi connectivity index (χ4n) is 2.87. The maximum absolute atomic E-state index is 11.7. The predicted octanol–water partition coefficient (Wildman–Crippen LogP) is 6.43. The van der Waals surface area contributed by atoms with Gasteiger partial charge in [-0.3, -0.25) is 9.59 Å². The van der Waals surface area contributed by atoms with Crippen LogP contribution in [0.4, 0.5) is 0 Å². The van der Waals surface area contributed by atoms with E-state index in [0.29, 0.717) is 19.3 Å². The lowest BCUT2D eigenvalue weighted by molar-refractivity contribution is -0.148. The maximum Gasteiger partial charge on any atom is 0.306 e. The average Bonchev–Trinajstić information content (AvgIpc) is 2.58. The van der Waals surface area contributed by atoms with Gasteiger partial charge in [-0.2, -0.15) is 0 Å². The van der Waals surface area contributed by atoms with Crippen LogP contribution < -0.4 is 0 Å². The Kier molecular flexibility index (Phi) is 17.5. The quantitative estimate of drug-likeness (QED) is 0.172. The summed E-state index contributed by atoms with van der Waals surface area (Å²) < 4.78 is 5.30. The van der Waals surface area contributed by atoms with Crippen molar-refractivity contribution < 1.29 is 19.4 Å². The lowest BCUT2D eigenvalue weighted by Gasteiger charge is -2.12. The normalized spacial score (nSPS) is 12.4. The molecule has 1 unspecified atom stereocenters. The number of unbranched alkanes of at least 4 members (excludes halogenated alkanes) is 9. The molecule has 0 radical (unpaired) electrons. The van der Waals surface area contributed by atoms with Crippen molar-refractivity contribution in [1.82, 2.24) is 0 Å². The molecule has 0 heterocycles. The van der Waals surface area contributed by atoms with Crippen molar-refractivity contribution in [2.24, 2.45) is 0 Å². The molecule has 1 N–H and O–H groups in total. The van der Waals surface area contributed by atoms with Gasteiger partial charge in [0.15, 0.2) is 0 Å². The Morgan fingerprint density at radius 1 is 0.846 bits per heavy atom. The van der Waals surface area contributed by atoms with Crippen LogP contribution >= 0.6 is 0 Å². The Morgan fingerprint density at radius 3 is 2.04 bits per heavy atom. The molecule has 4 nitrogen and oxygen atoms in total. The number of hydrogen-bond donors (Lipinski definition) is 1. The van der Waals surface area contributed by atoms with Crippen LogP contribution in [0.5, 0.6) is 0 Å². The molecule has 4 heteroatoms. The third-order valence-electron chi connectivity index (χ3n) is 4.48. The number of carboxylic acid groups (broad SMARTS) is 1. The van der Waals surface area contributed by atoms with Gasteiger partial charge in [-0.1, -0.05) is 57.6 Å². The smallest absolute Gasteiger partial charge is 0.306 e. The molecule has 0 rings (SSSR count). The summed E-state index contributed by atoms with van der Waals surface area (Å²) in [6.07, 6.45) is 19.5. The Bertz CT molecular complexity index is 376. The molecule has 0 aromatic heterocycles. The van der Waals surface area contributed by atoms with Gasteiger partial charge >= 0.3 is 11.9 Å². The second-order valence-electron chi connectivity index (χ2n) is 7.21. The van der Waals surface area contributed by atoms with Gasteiger partial charge in [-0.15, -0.1) is 0 Å². The predicted molar refractivity (Wildman–Crippen MR) is 107 cm³/mol. The van der Waals surface area contributed by atoms with Gasteiger partial charge in [0.1, 0.15) is 0 Å². The fraction of sp³-hybridized carbons (Fsp3) is 0.818. The minimum atomic E-state index is -0.800. The van der Waals surface area contributed by atoms with Crippen LogP contribution in [0.3, 0.4) is 0 Å². The Morgan fingerprint density at radius 2 is 1.42 bits per heavy atom. The fourth-order valence-corrected chi connectivity index (χ4v) is 2.87. The zero-order valence-corrected chi connectivity index (χ0v) is 17.0. The molecule has 1 atom stereocenters. The van der Waals surface area contributed by atoms with E-state index in [1.54, 1.807) is 0 Å². The van der Waals surface area contributed by atoms with E-state index in [1.807, 2.05) is 6.92 Å². The molecule has 0 aromatic carbocycles. The first-order valence-electron chi connectivity index (χ1n) is 10.6. The molecule has 0 spiro atoms. The standard InChI is InChI=1S/C22H40O4/c1-3-4-5-6-7-8-9-10-11-12-13-14-15-19-22(25)26-20(2)17-16-18-21(23)24/h8-9,20H,3-7,10-19H2,1-2H3,(H,23,24)/b9-8-. The summed E-state index contributed by atoms with van der Waals surface area (Å²) in [6.45, 7) is 4.07. The minimum absolute atomic E-state index is 0.135. The molecule has 0 saturated heterocycles. The summed E-state index contributed by atoms with van der Waals surface area (Å²) in [6, 6.07) is 0. The molecule has 0 aliphatic heterocycles. The van der Waals surface area contributed by atoms with Gasteiger partial charge < -0.3 is 9.84 Å². The molecule has 0 amide bonds. The highest BCUT2D eigenvalue weighted by Gasteiger charge is 2.09. The zero-order valence-electron chi connectivity index (χ0n) is 17.0. The van der Waals surface area contributed by atoms with E-state index in [1.165, 1.54) is 57.8 Å². The largest absolute Gasteiger partial charge is 0.481 e. The highest BCUT2D eigenvalue weighted by atomic mass is 16.5. The van der Waals surface area contributed by atoms with Crippen LogP contribution in [0.1, 0.15) is 110 Å². The molecule has 0 bridgehead atoms. The molecule has 0 aromatic rings. The van der Waals surface area contributed by atoms with Crippen LogP contribution in [-0.2, 0) is 14.3 Å². The van der Waals surface area contributed by atoms with Gasteiger partial charge in [-0.25, -0.2) is 0 Å². The lowest BCUT2D eigenvalue weighted by atomic mass is 10.1. The minimum Gasteiger partial charge on any atom is -0.481 e. The number of hydrogen-bond acceptors (Lipinski definition) is 3. The van der Waals surface area contributed by atoms with Gasteiger partial charge in [0.25, 0.3) is 0 Å². The number of ether oxygens (including phenoxy) is 1. The van der Waals surface area contributed by atoms with Crippen LogP contribution in [-0.4, -0.2) is 23.1 Å². The van der Waals surface area contributed by atoms with E-state index < -0.39 is 5.97 Å². The van der Waals surface area contributed by atoms with Crippen molar-refractivity contribution in [3.8, 4) is 0 Å². The first-order chi connectivity index (χ1) is 12.6. The van der Waals surface area contributed by atoms with Crippen LogP contribution in [0.25, 0.3) is 0 Å². The summed E-state index contributed by atoms with van der Waals surface area (Å²) in [5.41, 5.74) is 0. The van der Waals surface area contributed by atoms with Crippen LogP contribution in [0.2, 0.25) is 0 Å². The molecular formula is C22H40O4. The average molecular weight is 369 g/mol. The van der Waals surface area contributed by atoms with Crippen molar-refractivity contribution in [2.45, 2.75) is 116 Å². The summed E-state index contributed by atoms with van der Waals surface area (Å²) in [4.78, 5) is 22.1. The number of carboxylic acids is 1. The molecule has 0 saturated carbocycles. The van der Waals surface area contributed by atoms with Gasteiger partial charge in [0.2, 0.25) is 0 Å². The Balaban J connectivity index is 3.37. The summed E-state index contributed by atoms with van der Waals surface area (Å²) in [7, 11) is 0. The van der Waals surface area contributed by atoms with Crippen molar-refractivity contribution in [1.29, 1.82) is 0 Å². The molecule has 152 valence electrons. The number of allylic oxidation sites excluding steroid dienone is 2. The second kappa shape index (κ2) is 18.5. The summed E-state index contributed by atoms with van der Waals surface area (Å²) in [5.74, 6) is -0.954. The molecular weight excluding hydrogens is 328 g/mol. The van der Waals surface area contributed by atoms with E-state index in [4.69, 9.17) is 9.84 Å². The molecule has 26 heavy (non-hydrogen) atoms. The zero-order chi connectivity index (χ0) is 19.5. The first-order valence-corrected chi connectivity index (χ1v) is 10.6. The van der Waals surface area contributed by atoms with Gasteiger partial charge in [0.05, 0.1) is 6.10 Å². The number of carbonyl (C=O) groups excluding carboxylic acids is 1. The molecule has 0 aliphatic rings. The third kappa shape index (κ3) is 19.0. The SMILES string of the molecule is CCCCCC/C=C\CCCCCCCC(=O)OC(C)CCCC(=O)O. The van der Waals surface area contributed by atoms with E-state index >= 15 is 0 Å². The van der Waals surface area contributed by atoms with Gasteiger partial charge in [0, 0.05) is 12.8 Å². The van der Waals surface area contributed by atoms with Crippen molar-refractivity contribution >= 4 is 11.9 Å². The molecule has 0 aliphatic carbocycles. The van der Waals surface area contributed by atoms with Crippen LogP contribution in [0, 0.1) is 0 Å². The lowest BCUT2D eigenvalue weighted by Crippen LogP contribution is -2.15. The van der Waals surface area contributed by atoms with E-state index in [0.717, 1.165) is 12.8 Å². The van der Waals surface area contributed by atoms with E-state index in [-0.39, 0.29) is 18.5 Å². The van der Waals surface area contributed by atoms with Crippen LogP contribution in [0.15, 0.2) is 12.2 Å². The summed E-state index contributed by atoms with van der Waals surface area (Å²) in [5, 5.41) is 8.58. The van der Waals surface area contributed by atoms with E-state index in [9.17, 15) is 9.59 Å². The number of aliphatic carboxylic acids is 1. The Labute approximate surface area is 160 Å². The highest BCUT2D eigenvalue weighted by molar-refractivity contribution is 5.69. The topological polar surface area (TPSA) is 63.6 Å². The number of esters is 1. The van der Waals surface area contributed by atoms with Crippen molar-refractivity contribution in [2.75, 3.05) is 0 Å². The monoisotopic (exact) mass is 368 g/mol. The van der Waals surface area contributed by atoms with Crippen molar-refractivity contribution in [3.05, 3.63) is 12.2 Å². The third-order valence-corrected chi connectivity index (χ3v) is 4.48.